The predicted molar refractivity (Wildman–Crippen MR) is 89.4 cm³/mol. The summed E-state index contributed by atoms with van der Waals surface area (Å²) >= 11 is 1.70. The van der Waals surface area contributed by atoms with E-state index in [1.54, 1.807) is 11.8 Å². The number of thioether (sulfide) groups is 1. The second kappa shape index (κ2) is 7.32. The average molecular weight is 306 g/mol. The van der Waals surface area contributed by atoms with Crippen molar-refractivity contribution in [3.8, 4) is 0 Å². The first-order valence-electron chi connectivity index (χ1n) is 7.78. The molecule has 2 rings (SSSR count). The topological polar surface area (TPSA) is 55.1 Å². The van der Waals surface area contributed by atoms with Gasteiger partial charge in [-0.2, -0.15) is 0 Å². The van der Waals surface area contributed by atoms with Gasteiger partial charge in [-0.15, -0.1) is 11.8 Å². The normalized spacial score (nSPS) is 19.7. The largest absolute Gasteiger partial charge is 0.368 e. The summed E-state index contributed by atoms with van der Waals surface area (Å²) in [4.78, 5) is 13.3. The van der Waals surface area contributed by atoms with Crippen LogP contribution in [-0.2, 0) is 10.3 Å². The first-order chi connectivity index (χ1) is 10.1. The van der Waals surface area contributed by atoms with E-state index in [-0.39, 0.29) is 5.91 Å². The van der Waals surface area contributed by atoms with Gasteiger partial charge in [0.15, 0.2) is 0 Å². The molecular weight excluding hydrogens is 280 g/mol. The molecule has 0 aliphatic heterocycles. The van der Waals surface area contributed by atoms with Crippen LogP contribution in [0.5, 0.6) is 0 Å². The molecule has 0 spiro atoms. The molecule has 1 saturated carbocycles. The average Bonchev–Trinajstić information content (AvgIpc) is 2.75. The Morgan fingerprint density at radius 3 is 2.24 bits per heavy atom. The number of carbonyl (C=O) groups is 1. The minimum absolute atomic E-state index is 0.302. The van der Waals surface area contributed by atoms with Crippen molar-refractivity contribution in [3.05, 3.63) is 29.8 Å². The van der Waals surface area contributed by atoms with E-state index in [9.17, 15) is 4.79 Å². The van der Waals surface area contributed by atoms with Crippen molar-refractivity contribution in [2.45, 2.75) is 61.9 Å². The van der Waals surface area contributed by atoms with Crippen LogP contribution in [0.3, 0.4) is 0 Å². The van der Waals surface area contributed by atoms with Gasteiger partial charge in [-0.05, 0) is 43.7 Å². The van der Waals surface area contributed by atoms with E-state index in [4.69, 9.17) is 5.73 Å². The third-order valence-corrected chi connectivity index (χ3v) is 5.25. The van der Waals surface area contributed by atoms with E-state index < -0.39 is 5.54 Å². The number of rotatable bonds is 5. The summed E-state index contributed by atoms with van der Waals surface area (Å²) in [5.74, 6) is -0.302. The molecule has 0 aromatic heterocycles. The molecular formula is C17H26N2OS. The highest BCUT2D eigenvalue weighted by molar-refractivity contribution is 7.98. The zero-order valence-electron chi connectivity index (χ0n) is 13.0. The molecule has 1 aromatic carbocycles. The molecule has 1 aliphatic rings. The van der Waals surface area contributed by atoms with Gasteiger partial charge in [0, 0.05) is 10.9 Å². The molecule has 0 bridgehead atoms. The molecule has 1 atom stereocenters. The number of amides is 1. The molecule has 1 aromatic rings. The van der Waals surface area contributed by atoms with Gasteiger partial charge in [-0.3, -0.25) is 10.1 Å². The quantitative estimate of drug-likeness (QED) is 0.647. The molecule has 116 valence electrons. The van der Waals surface area contributed by atoms with Gasteiger partial charge in [-0.25, -0.2) is 0 Å². The minimum Gasteiger partial charge on any atom is -0.368 e. The highest BCUT2D eigenvalue weighted by atomic mass is 32.2. The van der Waals surface area contributed by atoms with Crippen molar-refractivity contribution in [2.24, 2.45) is 5.73 Å². The molecule has 0 radical (unpaired) electrons. The number of benzene rings is 1. The fourth-order valence-corrected chi connectivity index (χ4v) is 3.46. The highest BCUT2D eigenvalue weighted by Gasteiger charge is 2.35. The lowest BCUT2D eigenvalue weighted by molar-refractivity contribution is -0.124. The Bertz CT molecular complexity index is 466. The molecule has 4 heteroatoms. The van der Waals surface area contributed by atoms with Crippen molar-refractivity contribution in [2.75, 3.05) is 6.26 Å². The first kappa shape index (κ1) is 16.4. The summed E-state index contributed by atoms with van der Waals surface area (Å²) in [5, 5.41) is 3.54. The summed E-state index contributed by atoms with van der Waals surface area (Å²) in [6.45, 7) is 1.91. The standard InChI is InChI=1S/C17H26N2OS/c1-17(16(18)20,13-9-11-15(21-2)12-10-13)19-14-7-5-3-4-6-8-14/h9-12,14,19H,3-8H2,1-2H3,(H2,18,20). The Labute approximate surface area is 132 Å². The molecule has 1 aliphatic carbocycles. The summed E-state index contributed by atoms with van der Waals surface area (Å²) < 4.78 is 0. The van der Waals surface area contributed by atoms with E-state index in [2.05, 4.69) is 17.4 Å². The fourth-order valence-electron chi connectivity index (χ4n) is 3.05. The van der Waals surface area contributed by atoms with Crippen molar-refractivity contribution < 1.29 is 4.79 Å². The zero-order chi connectivity index (χ0) is 15.3. The number of hydrogen-bond donors (Lipinski definition) is 2. The second-order valence-corrected chi connectivity index (χ2v) is 6.93. The summed E-state index contributed by atoms with van der Waals surface area (Å²) in [5.41, 5.74) is 5.89. The monoisotopic (exact) mass is 306 g/mol. The van der Waals surface area contributed by atoms with E-state index in [1.165, 1.54) is 30.6 Å². The summed E-state index contributed by atoms with van der Waals surface area (Å²) in [6.07, 6.45) is 9.38. The molecule has 1 fully saturated rings. The Kier molecular flexibility index (Phi) is 5.71. The van der Waals surface area contributed by atoms with Crippen molar-refractivity contribution in [1.82, 2.24) is 5.32 Å². The van der Waals surface area contributed by atoms with Crippen LogP contribution in [0.4, 0.5) is 0 Å². The van der Waals surface area contributed by atoms with Crippen LogP contribution in [0, 0.1) is 0 Å². The van der Waals surface area contributed by atoms with Gasteiger partial charge in [0.25, 0.3) is 0 Å². The van der Waals surface area contributed by atoms with Gasteiger partial charge in [0.1, 0.15) is 5.54 Å². The molecule has 0 saturated heterocycles. The number of nitrogens with two attached hydrogens (primary N) is 1. The summed E-state index contributed by atoms with van der Waals surface area (Å²) in [6, 6.07) is 8.51. The Hall–Kier alpha value is -1.00. The van der Waals surface area contributed by atoms with Crippen molar-refractivity contribution in [1.29, 1.82) is 0 Å². The van der Waals surface area contributed by atoms with Gasteiger partial charge in [0.05, 0.1) is 0 Å². The Balaban J connectivity index is 2.19. The Morgan fingerprint density at radius 1 is 1.19 bits per heavy atom. The lowest BCUT2D eigenvalue weighted by Gasteiger charge is -2.33. The minimum atomic E-state index is -0.786. The molecule has 1 amide bonds. The smallest absolute Gasteiger partial charge is 0.242 e. The highest BCUT2D eigenvalue weighted by Crippen LogP contribution is 2.27. The molecule has 3 nitrogen and oxygen atoms in total. The van der Waals surface area contributed by atoms with E-state index in [1.807, 2.05) is 25.3 Å². The second-order valence-electron chi connectivity index (χ2n) is 6.05. The third kappa shape index (κ3) is 4.01. The van der Waals surface area contributed by atoms with Crippen LogP contribution in [0.1, 0.15) is 51.0 Å². The first-order valence-corrected chi connectivity index (χ1v) is 9.01. The lowest BCUT2D eigenvalue weighted by Crippen LogP contribution is -2.54. The van der Waals surface area contributed by atoms with E-state index in [0.717, 1.165) is 18.4 Å². The Morgan fingerprint density at radius 2 is 1.76 bits per heavy atom. The molecule has 3 N–H and O–H groups in total. The number of nitrogens with one attached hydrogen (secondary N) is 1. The van der Waals surface area contributed by atoms with E-state index >= 15 is 0 Å². The summed E-state index contributed by atoms with van der Waals surface area (Å²) in [7, 11) is 0. The van der Waals surface area contributed by atoms with E-state index in [0.29, 0.717) is 6.04 Å². The van der Waals surface area contributed by atoms with Gasteiger partial charge >= 0.3 is 0 Å². The van der Waals surface area contributed by atoms with Gasteiger partial charge in [-0.1, -0.05) is 37.8 Å². The SMILES string of the molecule is CSc1ccc(C(C)(NC2CCCCCC2)C(N)=O)cc1. The van der Waals surface area contributed by atoms with Crippen LogP contribution in [0.2, 0.25) is 0 Å². The fraction of sp³-hybridized carbons (Fsp3) is 0.588. The lowest BCUT2D eigenvalue weighted by atomic mass is 9.89. The molecule has 1 unspecified atom stereocenters. The van der Waals surface area contributed by atoms with Crippen LogP contribution in [-0.4, -0.2) is 18.2 Å². The van der Waals surface area contributed by atoms with Crippen LogP contribution in [0.25, 0.3) is 0 Å². The van der Waals surface area contributed by atoms with Crippen molar-refractivity contribution in [3.63, 3.8) is 0 Å². The number of primary amides is 1. The van der Waals surface area contributed by atoms with Crippen LogP contribution in [0.15, 0.2) is 29.2 Å². The van der Waals surface area contributed by atoms with Crippen LogP contribution < -0.4 is 11.1 Å². The number of hydrogen-bond acceptors (Lipinski definition) is 3. The zero-order valence-corrected chi connectivity index (χ0v) is 13.8. The molecule has 0 heterocycles. The van der Waals surface area contributed by atoms with Gasteiger partial charge < -0.3 is 5.73 Å². The predicted octanol–water partition coefficient (Wildman–Crippen LogP) is 3.42. The third-order valence-electron chi connectivity index (χ3n) is 4.51. The van der Waals surface area contributed by atoms with Crippen LogP contribution >= 0.6 is 11.8 Å². The number of carbonyl (C=O) groups excluding carboxylic acids is 1. The molecule has 21 heavy (non-hydrogen) atoms. The maximum Gasteiger partial charge on any atom is 0.242 e. The maximum atomic E-state index is 12.1. The maximum absolute atomic E-state index is 12.1. The van der Waals surface area contributed by atoms with Gasteiger partial charge in [0.2, 0.25) is 5.91 Å². The van der Waals surface area contributed by atoms with Crippen molar-refractivity contribution >= 4 is 17.7 Å².